The Balaban J connectivity index is 1.27. The van der Waals surface area contributed by atoms with Crippen molar-refractivity contribution in [2.45, 2.75) is 13.3 Å². The number of benzene rings is 5. The lowest BCUT2D eigenvalue weighted by atomic mass is 10.0. The van der Waals surface area contributed by atoms with E-state index in [-0.39, 0.29) is 18.1 Å². The van der Waals surface area contributed by atoms with Gasteiger partial charge in [0.25, 0.3) is 0 Å². The summed E-state index contributed by atoms with van der Waals surface area (Å²) in [5.74, 6) is -0.753. The van der Waals surface area contributed by atoms with Crippen molar-refractivity contribution in [1.82, 2.24) is 0 Å². The zero-order chi connectivity index (χ0) is 32.6. The minimum atomic E-state index is -0.598. The molecular formula is C37H28O9. The van der Waals surface area contributed by atoms with Crippen LogP contribution in [0, 0.1) is 0 Å². The number of hydrogen-bond acceptors (Lipinski definition) is 9. The molecule has 0 aliphatic heterocycles. The van der Waals surface area contributed by atoms with Gasteiger partial charge in [-0.2, -0.15) is 0 Å². The van der Waals surface area contributed by atoms with E-state index in [1.165, 1.54) is 24.3 Å². The molecule has 5 rings (SSSR count). The molecule has 0 bridgehead atoms. The summed E-state index contributed by atoms with van der Waals surface area (Å²) in [6.45, 7) is 8.42. The van der Waals surface area contributed by atoms with Gasteiger partial charge in [-0.05, 0) is 106 Å². The maximum absolute atomic E-state index is 13.1. The van der Waals surface area contributed by atoms with E-state index in [9.17, 15) is 19.2 Å². The molecule has 0 aromatic heterocycles. The fraction of sp³-hybridized carbons (Fsp3) is 0.0811. The van der Waals surface area contributed by atoms with Crippen LogP contribution in [0.15, 0.2) is 116 Å². The minimum Gasteiger partial charge on any atom is -0.457 e. The molecule has 5 aromatic carbocycles. The summed E-state index contributed by atoms with van der Waals surface area (Å²) >= 11 is 0. The predicted octanol–water partition coefficient (Wildman–Crippen LogP) is 7.15. The fourth-order valence-corrected chi connectivity index (χ4v) is 4.60. The largest absolute Gasteiger partial charge is 0.457 e. The normalized spacial score (nSPS) is 10.5. The highest BCUT2D eigenvalue weighted by Gasteiger charge is 2.15. The Morgan fingerprint density at radius 2 is 1.17 bits per heavy atom. The van der Waals surface area contributed by atoms with Gasteiger partial charge in [-0.15, -0.1) is 0 Å². The summed E-state index contributed by atoms with van der Waals surface area (Å²) in [6.07, 6.45) is 2.74. The van der Waals surface area contributed by atoms with Gasteiger partial charge in [0.1, 0.15) is 23.0 Å². The molecule has 0 saturated heterocycles. The number of hydrogen-bond donors (Lipinski definition) is 0. The number of fused-ring (bicyclic) bond motifs is 2. The molecule has 0 amide bonds. The van der Waals surface area contributed by atoms with Crippen LogP contribution >= 0.6 is 0 Å². The van der Waals surface area contributed by atoms with Crippen molar-refractivity contribution in [3.8, 4) is 23.0 Å². The van der Waals surface area contributed by atoms with Crippen molar-refractivity contribution < 1.29 is 42.9 Å². The second-order valence-corrected chi connectivity index (χ2v) is 9.90. The maximum Gasteiger partial charge on any atom is 0.343 e. The van der Waals surface area contributed by atoms with Crippen molar-refractivity contribution in [3.63, 3.8) is 0 Å². The summed E-state index contributed by atoms with van der Waals surface area (Å²) in [4.78, 5) is 48.4. The molecular weight excluding hydrogens is 588 g/mol. The highest BCUT2D eigenvalue weighted by atomic mass is 16.7. The lowest BCUT2D eigenvalue weighted by Crippen LogP contribution is -2.09. The smallest absolute Gasteiger partial charge is 0.343 e. The van der Waals surface area contributed by atoms with E-state index < -0.39 is 23.9 Å². The van der Waals surface area contributed by atoms with Gasteiger partial charge >= 0.3 is 23.9 Å². The van der Waals surface area contributed by atoms with E-state index in [0.29, 0.717) is 29.2 Å². The summed E-state index contributed by atoms with van der Waals surface area (Å²) < 4.78 is 26.7. The zero-order valence-electron chi connectivity index (χ0n) is 24.8. The third-order valence-electron chi connectivity index (χ3n) is 6.90. The molecule has 230 valence electrons. The topological polar surface area (TPSA) is 114 Å². The molecule has 0 aliphatic carbocycles. The lowest BCUT2D eigenvalue weighted by molar-refractivity contribution is -0.144. The van der Waals surface area contributed by atoms with Crippen molar-refractivity contribution >= 4 is 45.4 Å². The highest BCUT2D eigenvalue weighted by Crippen LogP contribution is 2.31. The lowest BCUT2D eigenvalue weighted by Gasteiger charge is -2.12. The van der Waals surface area contributed by atoms with Crippen LogP contribution in [0.5, 0.6) is 23.0 Å². The summed E-state index contributed by atoms with van der Waals surface area (Å²) in [5.41, 5.74) is 1.55. The van der Waals surface area contributed by atoms with Crippen LogP contribution in [0.3, 0.4) is 0 Å². The number of rotatable bonds is 11. The summed E-state index contributed by atoms with van der Waals surface area (Å²) in [5, 5.41) is 3.28. The van der Waals surface area contributed by atoms with Crippen molar-refractivity contribution in [1.29, 1.82) is 0 Å². The van der Waals surface area contributed by atoms with Gasteiger partial charge in [0.05, 0.1) is 11.1 Å². The van der Waals surface area contributed by atoms with Crippen LogP contribution in [0.2, 0.25) is 0 Å². The van der Waals surface area contributed by atoms with E-state index in [0.717, 1.165) is 39.3 Å². The first-order valence-electron chi connectivity index (χ1n) is 14.2. The second kappa shape index (κ2) is 14.0. The van der Waals surface area contributed by atoms with Crippen LogP contribution in [0.4, 0.5) is 0 Å². The second-order valence-electron chi connectivity index (χ2n) is 9.90. The number of ether oxygens (including phenoxy) is 5. The standard InChI is InChI=1S/C37H28O9/c1-4-23-18-32(46-37(41)28-8-7-26-19-30(15-11-25(26)17-28)42-22-43-34(38)5-2)20-27-12-16-31(21-33(23)27)45-36(40)24-9-13-29(14-10-24)44-35(39)6-3/h5-21H,2-4,22H2,1H3. The number of carbonyl (C=O) groups excluding carboxylic acids is 4. The van der Waals surface area contributed by atoms with Crippen molar-refractivity contribution in [2.24, 2.45) is 0 Å². The van der Waals surface area contributed by atoms with Gasteiger partial charge in [-0.1, -0.05) is 38.3 Å². The molecule has 0 N–H and O–H groups in total. The number of aryl methyl sites for hydroxylation is 1. The zero-order valence-corrected chi connectivity index (χ0v) is 24.8. The Hall–Kier alpha value is -6.22. The molecule has 46 heavy (non-hydrogen) atoms. The summed E-state index contributed by atoms with van der Waals surface area (Å²) in [6, 6.07) is 25.2. The van der Waals surface area contributed by atoms with Crippen LogP contribution < -0.4 is 18.9 Å². The van der Waals surface area contributed by atoms with Crippen LogP contribution in [-0.2, 0) is 20.7 Å². The predicted molar refractivity (Wildman–Crippen MR) is 171 cm³/mol. The Labute approximate surface area is 264 Å². The van der Waals surface area contributed by atoms with Gasteiger partial charge in [0, 0.05) is 12.2 Å². The number of esters is 4. The van der Waals surface area contributed by atoms with E-state index in [1.807, 2.05) is 6.92 Å². The van der Waals surface area contributed by atoms with Gasteiger partial charge in [0.15, 0.2) is 0 Å². The van der Waals surface area contributed by atoms with Gasteiger partial charge < -0.3 is 23.7 Å². The van der Waals surface area contributed by atoms with Crippen LogP contribution in [0.1, 0.15) is 33.2 Å². The molecule has 9 nitrogen and oxygen atoms in total. The first-order chi connectivity index (χ1) is 22.3. The third kappa shape index (κ3) is 7.46. The molecule has 0 unspecified atom stereocenters. The van der Waals surface area contributed by atoms with E-state index in [1.54, 1.807) is 66.7 Å². The van der Waals surface area contributed by atoms with Crippen LogP contribution in [-0.4, -0.2) is 30.7 Å². The van der Waals surface area contributed by atoms with Crippen molar-refractivity contribution in [2.75, 3.05) is 6.79 Å². The average Bonchev–Trinajstić information content (AvgIpc) is 3.07. The summed E-state index contributed by atoms with van der Waals surface area (Å²) in [7, 11) is 0. The Kier molecular flexibility index (Phi) is 9.53. The quantitative estimate of drug-likeness (QED) is 0.0660. The van der Waals surface area contributed by atoms with E-state index in [2.05, 4.69) is 13.2 Å². The molecule has 0 fully saturated rings. The maximum atomic E-state index is 13.1. The number of carbonyl (C=O) groups is 4. The van der Waals surface area contributed by atoms with Crippen LogP contribution in [0.25, 0.3) is 21.5 Å². The fourth-order valence-electron chi connectivity index (χ4n) is 4.60. The molecule has 5 aromatic rings. The SMILES string of the molecule is C=CC(=O)OCOc1ccc2cc(C(=O)Oc3cc(CC)c4cc(OC(=O)c5ccc(OC(=O)C=C)cc5)ccc4c3)ccc2c1. The van der Waals surface area contributed by atoms with Gasteiger partial charge in [-0.3, -0.25) is 0 Å². The Morgan fingerprint density at radius 1 is 0.587 bits per heavy atom. The highest BCUT2D eigenvalue weighted by molar-refractivity contribution is 5.98. The third-order valence-corrected chi connectivity index (χ3v) is 6.90. The first kappa shape index (κ1) is 31.2. The molecule has 0 atom stereocenters. The van der Waals surface area contributed by atoms with E-state index in [4.69, 9.17) is 23.7 Å². The van der Waals surface area contributed by atoms with Gasteiger partial charge in [0.2, 0.25) is 6.79 Å². The molecule has 0 spiro atoms. The van der Waals surface area contributed by atoms with Crippen molar-refractivity contribution in [3.05, 3.63) is 133 Å². The van der Waals surface area contributed by atoms with Gasteiger partial charge in [-0.25, -0.2) is 19.2 Å². The molecule has 0 saturated carbocycles. The molecule has 0 radical (unpaired) electrons. The molecule has 9 heteroatoms. The minimum absolute atomic E-state index is 0.245. The molecule has 0 heterocycles. The Morgan fingerprint density at radius 3 is 1.91 bits per heavy atom. The molecule has 0 aliphatic rings. The first-order valence-corrected chi connectivity index (χ1v) is 14.2. The Bertz CT molecular complexity index is 1990. The van der Waals surface area contributed by atoms with E-state index >= 15 is 0 Å². The monoisotopic (exact) mass is 616 g/mol. The average molecular weight is 617 g/mol.